The minimum atomic E-state index is -0.838. The van der Waals surface area contributed by atoms with Gasteiger partial charge in [0.15, 0.2) is 5.96 Å². The molecule has 2 rings (SSSR count). The number of aliphatic hydroxyl groups is 1. The van der Waals surface area contributed by atoms with Crippen molar-refractivity contribution < 1.29 is 39.3 Å². The molecule has 2 amide bonds. The Labute approximate surface area is 194 Å². The number of likely N-dealkylation sites (tertiary alicyclic amines) is 1. The molecule has 1 aliphatic rings. The molecule has 0 unspecified atom stereocenters. The monoisotopic (exact) mass is 608 g/mol. The summed E-state index contributed by atoms with van der Waals surface area (Å²) >= 11 is 0. The Morgan fingerprint density at radius 3 is 2.74 bits per heavy atom. The first-order chi connectivity index (χ1) is 14.3. The number of hydrogen-bond acceptors (Lipinski definition) is 6. The molecule has 170 valence electrons. The van der Waals surface area contributed by atoms with E-state index in [4.69, 9.17) is 11.5 Å². The maximum absolute atomic E-state index is 12.8. The molecule has 0 spiro atoms. The summed E-state index contributed by atoms with van der Waals surface area (Å²) in [6, 6.07) is 8.34. The van der Waals surface area contributed by atoms with Gasteiger partial charge < -0.3 is 36.9 Å². The van der Waals surface area contributed by atoms with Crippen molar-refractivity contribution in [3.63, 3.8) is 0 Å². The molecule has 1 fully saturated rings. The largest absolute Gasteiger partial charge is 2.00 e. The fourth-order valence-corrected chi connectivity index (χ4v) is 3.20. The van der Waals surface area contributed by atoms with E-state index in [0.29, 0.717) is 25.1 Å². The minimum Gasteiger partial charge on any atom is -0.533 e. The second kappa shape index (κ2) is 12.9. The zero-order valence-electron chi connectivity index (χ0n) is 17.2. The van der Waals surface area contributed by atoms with Crippen molar-refractivity contribution in [2.75, 3.05) is 18.4 Å². The molecule has 0 aliphatic carbocycles. The van der Waals surface area contributed by atoms with Crippen molar-refractivity contribution in [1.82, 2.24) is 10.2 Å². The van der Waals surface area contributed by atoms with E-state index in [2.05, 4.69) is 21.7 Å². The first-order valence-corrected chi connectivity index (χ1v) is 9.69. The normalized spacial score (nSPS) is 18.3. The van der Waals surface area contributed by atoms with Gasteiger partial charge in [-0.1, -0.05) is 0 Å². The first-order valence-electron chi connectivity index (χ1n) is 9.69. The Hall–Kier alpha value is -2.63. The van der Waals surface area contributed by atoms with Crippen LogP contribution in [0.3, 0.4) is 0 Å². The van der Waals surface area contributed by atoms with Gasteiger partial charge in [-0.25, -0.2) is 6.54 Å². The molecule has 1 aromatic rings. The molecule has 31 heavy (non-hydrogen) atoms. The number of aliphatic hydroxyl groups excluding tert-OH is 1. The van der Waals surface area contributed by atoms with Crippen LogP contribution in [-0.4, -0.2) is 64.8 Å². The molecule has 0 saturated carbocycles. The summed E-state index contributed by atoms with van der Waals surface area (Å²) < 4.78 is 0. The molecule has 0 radical (unpaired) electrons. The van der Waals surface area contributed by atoms with Crippen molar-refractivity contribution in [2.24, 2.45) is 16.5 Å². The molecule has 1 heterocycles. The second-order valence-corrected chi connectivity index (χ2v) is 7.05. The van der Waals surface area contributed by atoms with E-state index in [1.54, 1.807) is 24.3 Å². The number of hydrogen-bond donors (Lipinski definition) is 5. The SMILES string of the molecule is CC(=O)N1C[C@H](O)C[C@H]1C(=O)N[C@@H](CCCN=C(N)N)C(=O)[CH-]Nc1[c-]cccc1.[Os+2]. The Morgan fingerprint density at radius 1 is 1.39 bits per heavy atom. The maximum Gasteiger partial charge on any atom is 2.00 e. The Bertz CT molecular complexity index is 772. The van der Waals surface area contributed by atoms with Crippen molar-refractivity contribution in [3.05, 3.63) is 36.9 Å². The van der Waals surface area contributed by atoms with Crippen LogP contribution in [0.4, 0.5) is 5.69 Å². The number of carbonyl (C=O) groups is 3. The number of nitrogens with two attached hydrogens (primary N) is 2. The van der Waals surface area contributed by atoms with Gasteiger partial charge in [0.2, 0.25) is 11.8 Å². The number of Topliss-reactive ketones (excluding diaryl/α,β-unsaturated/α-hetero) is 1. The summed E-state index contributed by atoms with van der Waals surface area (Å²) in [4.78, 5) is 42.4. The third-order valence-corrected chi connectivity index (χ3v) is 4.67. The molecule has 10 nitrogen and oxygen atoms in total. The van der Waals surface area contributed by atoms with Gasteiger partial charge in [0, 0.05) is 32.2 Å². The molecular weight excluding hydrogens is 578 g/mol. The number of ketones is 1. The number of amides is 2. The number of benzene rings is 1. The maximum atomic E-state index is 12.8. The van der Waals surface area contributed by atoms with Crippen LogP contribution in [0, 0.1) is 12.6 Å². The molecule has 1 aromatic carbocycles. The predicted molar refractivity (Wildman–Crippen MR) is 112 cm³/mol. The number of rotatable bonds is 10. The molecule has 1 saturated heterocycles. The van der Waals surface area contributed by atoms with Gasteiger partial charge in [0.05, 0.1) is 12.1 Å². The third kappa shape index (κ3) is 8.56. The van der Waals surface area contributed by atoms with Gasteiger partial charge in [-0.3, -0.25) is 14.6 Å². The summed E-state index contributed by atoms with van der Waals surface area (Å²) in [5, 5.41) is 15.4. The van der Waals surface area contributed by atoms with Crippen LogP contribution in [0.2, 0.25) is 0 Å². The van der Waals surface area contributed by atoms with Crippen LogP contribution in [0.25, 0.3) is 0 Å². The van der Waals surface area contributed by atoms with E-state index in [1.807, 2.05) is 0 Å². The first kappa shape index (κ1) is 26.4. The fourth-order valence-electron chi connectivity index (χ4n) is 3.20. The molecule has 1 aliphatic heterocycles. The van der Waals surface area contributed by atoms with E-state index >= 15 is 0 Å². The molecule has 7 N–H and O–H groups in total. The van der Waals surface area contributed by atoms with Crippen LogP contribution in [-0.2, 0) is 34.2 Å². The molecule has 0 bridgehead atoms. The average molecular weight is 607 g/mol. The number of β-amino-alcohol motifs (C(OH)–C–C–N with tert-alkyl or cyclic N) is 1. The van der Waals surface area contributed by atoms with Gasteiger partial charge in [-0.05, 0) is 12.8 Å². The molecule has 11 heteroatoms. The van der Waals surface area contributed by atoms with Crippen LogP contribution < -0.4 is 22.1 Å². The summed E-state index contributed by atoms with van der Waals surface area (Å²) in [7, 11) is 0. The standard InChI is InChI=1S/C20H28N6O4.Os/c1-13(27)26-12-15(28)10-17(26)19(30)25-16(8-5-9-23-20(21)22)18(29)11-24-14-6-3-2-4-7-14;/h2-4,6,11,15-17,24,28H,5,8-10,12H2,1H3,(H,25,30)(H4,21,22,23);/q-2;+2/t15-,16+,17+;/m1./s1. The topological polar surface area (TPSA) is 163 Å². The van der Waals surface area contributed by atoms with Crippen LogP contribution in [0.15, 0.2) is 29.3 Å². The number of nitrogens with zero attached hydrogens (tertiary/aromatic N) is 2. The van der Waals surface area contributed by atoms with Crippen LogP contribution in [0.5, 0.6) is 0 Å². The Balaban J connectivity index is 0.00000480. The zero-order valence-corrected chi connectivity index (χ0v) is 19.8. The summed E-state index contributed by atoms with van der Waals surface area (Å²) in [5.41, 5.74) is 11.2. The Morgan fingerprint density at radius 2 is 2.13 bits per heavy atom. The van der Waals surface area contributed by atoms with E-state index in [0.717, 1.165) is 0 Å². The zero-order chi connectivity index (χ0) is 22.1. The van der Waals surface area contributed by atoms with Crippen molar-refractivity contribution >= 4 is 29.2 Å². The van der Waals surface area contributed by atoms with E-state index < -0.39 is 24.1 Å². The molecule has 0 aromatic heterocycles. The number of nitrogens with one attached hydrogen (secondary N) is 2. The number of carbonyl (C=O) groups excluding carboxylic acids is 3. The van der Waals surface area contributed by atoms with Gasteiger partial charge in [0.25, 0.3) is 0 Å². The minimum absolute atomic E-state index is 0. The fraction of sp³-hybridized carbons (Fsp3) is 0.450. The van der Waals surface area contributed by atoms with Gasteiger partial charge in [0.1, 0.15) is 6.04 Å². The quantitative estimate of drug-likeness (QED) is 0.100. The van der Waals surface area contributed by atoms with Gasteiger partial charge in [-0.2, -0.15) is 30.3 Å². The van der Waals surface area contributed by atoms with Crippen LogP contribution >= 0.6 is 0 Å². The molecule has 3 atom stereocenters. The number of aliphatic imine (C=N–C) groups is 1. The van der Waals surface area contributed by atoms with Gasteiger partial charge >= 0.3 is 19.8 Å². The number of para-hydroxylation sites is 1. The summed E-state index contributed by atoms with van der Waals surface area (Å²) in [6.07, 6.45) is 0.112. The van der Waals surface area contributed by atoms with Gasteiger partial charge in [-0.15, -0.1) is 5.69 Å². The average Bonchev–Trinajstić information content (AvgIpc) is 3.11. The van der Waals surface area contributed by atoms with Crippen molar-refractivity contribution in [3.8, 4) is 0 Å². The van der Waals surface area contributed by atoms with Crippen molar-refractivity contribution in [1.29, 1.82) is 0 Å². The van der Waals surface area contributed by atoms with E-state index in [-0.39, 0.29) is 50.4 Å². The summed E-state index contributed by atoms with van der Waals surface area (Å²) in [5.74, 6) is -1.19. The number of guanidine groups is 1. The molecular formula is C20H28N6O4Os. The Kier molecular flexibility index (Phi) is 11.0. The van der Waals surface area contributed by atoms with Crippen LogP contribution in [0.1, 0.15) is 26.2 Å². The van der Waals surface area contributed by atoms with E-state index in [9.17, 15) is 19.5 Å². The predicted octanol–water partition coefficient (Wildman–Crippen LogP) is -0.853. The second-order valence-electron chi connectivity index (χ2n) is 7.05. The smallest absolute Gasteiger partial charge is 0.533 e. The third-order valence-electron chi connectivity index (χ3n) is 4.67. The van der Waals surface area contributed by atoms with E-state index in [1.165, 1.54) is 18.4 Å². The number of anilines is 1. The summed E-state index contributed by atoms with van der Waals surface area (Å²) in [6.45, 7) is 3.01. The van der Waals surface area contributed by atoms with Crippen molar-refractivity contribution in [2.45, 2.75) is 44.4 Å².